The minimum absolute atomic E-state index is 0.114. The van der Waals surface area contributed by atoms with Crippen molar-refractivity contribution in [2.45, 2.75) is 13.0 Å². The highest BCUT2D eigenvalue weighted by Crippen LogP contribution is 2.41. The lowest BCUT2D eigenvalue weighted by Crippen LogP contribution is -2.42. The first kappa shape index (κ1) is 17.4. The quantitative estimate of drug-likeness (QED) is 0.866. The highest BCUT2D eigenvalue weighted by Gasteiger charge is 2.48. The Hall–Kier alpha value is -1.04. The summed E-state index contributed by atoms with van der Waals surface area (Å²) in [5.41, 5.74) is 0.799. The summed E-state index contributed by atoms with van der Waals surface area (Å²) >= 11 is 12.1. The largest absolute Gasteiger partial charge is 0.460 e. The number of nitrogens with zero attached hydrogens (tertiary/aromatic N) is 1. The number of benzene rings is 1. The monoisotopic (exact) mass is 381 g/mol. The zero-order chi connectivity index (χ0) is 17.4. The summed E-state index contributed by atoms with van der Waals surface area (Å²) in [6.45, 7) is 4.18. The smallest absolute Gasteiger partial charge is 0.134 e. The Balaban J connectivity index is 1.47. The molecule has 0 saturated carbocycles. The van der Waals surface area contributed by atoms with Gasteiger partial charge in [-0.15, -0.1) is 0 Å². The molecule has 0 spiro atoms. The number of halogens is 2. The van der Waals surface area contributed by atoms with Crippen LogP contribution < -0.4 is 0 Å². The molecule has 1 aromatic heterocycles. The molecular weight excluding hydrogens is 361 g/mol. The van der Waals surface area contributed by atoms with E-state index in [1.54, 1.807) is 6.07 Å². The summed E-state index contributed by atoms with van der Waals surface area (Å²) in [5, 5.41) is 10.9. The normalized spacial score (nSPS) is 26.8. The maximum atomic E-state index is 9.88. The third kappa shape index (κ3) is 3.34. The van der Waals surface area contributed by atoms with Gasteiger partial charge in [-0.25, -0.2) is 0 Å². The van der Waals surface area contributed by atoms with Gasteiger partial charge in [0.15, 0.2) is 0 Å². The molecule has 3 heterocycles. The molecule has 25 heavy (non-hydrogen) atoms. The molecule has 4 rings (SSSR count). The Morgan fingerprint density at radius 2 is 2.08 bits per heavy atom. The Bertz CT molecular complexity index is 763. The first-order valence-electron chi connectivity index (χ1n) is 8.55. The zero-order valence-corrected chi connectivity index (χ0v) is 15.4. The van der Waals surface area contributed by atoms with Gasteiger partial charge in [-0.1, -0.05) is 23.2 Å². The molecule has 2 saturated heterocycles. The summed E-state index contributed by atoms with van der Waals surface area (Å²) in [4.78, 5) is 2.35. The molecule has 6 heteroatoms. The highest BCUT2D eigenvalue weighted by atomic mass is 35.5. The topological polar surface area (TPSA) is 45.8 Å². The second-order valence-corrected chi connectivity index (χ2v) is 7.94. The lowest BCUT2D eigenvalue weighted by Gasteiger charge is -2.36. The maximum Gasteiger partial charge on any atom is 0.134 e. The van der Waals surface area contributed by atoms with Crippen molar-refractivity contribution in [3.05, 3.63) is 46.1 Å². The molecule has 2 aliphatic rings. The number of likely N-dealkylation sites (tertiary alicyclic amines) is 1. The molecule has 0 radical (unpaired) electrons. The average Bonchev–Trinajstić information content (AvgIpc) is 3.22. The van der Waals surface area contributed by atoms with Gasteiger partial charge in [0, 0.05) is 30.7 Å². The van der Waals surface area contributed by atoms with Crippen LogP contribution in [0.1, 0.15) is 12.2 Å². The molecule has 1 N–H and O–H groups in total. The number of aliphatic hydroxyl groups excluding tert-OH is 1. The van der Waals surface area contributed by atoms with Crippen molar-refractivity contribution in [3.63, 3.8) is 0 Å². The number of aliphatic hydroxyl groups is 1. The first-order valence-corrected chi connectivity index (χ1v) is 9.30. The SMILES string of the molecule is OC[C@]12COCC[C@H]1CN(Cc1ccc(-c3ccc(Cl)c(Cl)c3)o1)C2. The van der Waals surface area contributed by atoms with Crippen LogP contribution in [0.2, 0.25) is 10.0 Å². The van der Waals surface area contributed by atoms with Crippen LogP contribution in [-0.2, 0) is 11.3 Å². The fourth-order valence-corrected chi connectivity index (χ4v) is 4.34. The van der Waals surface area contributed by atoms with Gasteiger partial charge >= 0.3 is 0 Å². The van der Waals surface area contributed by atoms with Crippen LogP contribution in [0, 0.1) is 11.3 Å². The predicted molar refractivity (Wildman–Crippen MR) is 97.9 cm³/mol. The van der Waals surface area contributed by atoms with Gasteiger partial charge in [0.05, 0.1) is 29.8 Å². The van der Waals surface area contributed by atoms with Crippen molar-refractivity contribution in [2.75, 3.05) is 32.9 Å². The van der Waals surface area contributed by atoms with E-state index in [-0.39, 0.29) is 12.0 Å². The lowest BCUT2D eigenvalue weighted by atomic mass is 9.76. The molecular formula is C19H21Cl2NO3. The number of hydrogen-bond donors (Lipinski definition) is 1. The summed E-state index contributed by atoms with van der Waals surface area (Å²) in [6, 6.07) is 9.46. The van der Waals surface area contributed by atoms with Crippen molar-refractivity contribution in [1.29, 1.82) is 0 Å². The van der Waals surface area contributed by atoms with Crippen molar-refractivity contribution in [2.24, 2.45) is 11.3 Å². The summed E-state index contributed by atoms with van der Waals surface area (Å²) in [6.07, 6.45) is 1.02. The molecule has 0 aliphatic carbocycles. The van der Waals surface area contributed by atoms with Crippen LogP contribution in [0.25, 0.3) is 11.3 Å². The minimum atomic E-state index is -0.114. The van der Waals surface area contributed by atoms with Crippen molar-refractivity contribution >= 4 is 23.2 Å². The van der Waals surface area contributed by atoms with E-state index in [0.717, 1.165) is 49.7 Å². The van der Waals surface area contributed by atoms with Gasteiger partial charge in [0.25, 0.3) is 0 Å². The molecule has 0 bridgehead atoms. The third-order valence-corrected chi connectivity index (χ3v) is 6.18. The van der Waals surface area contributed by atoms with Gasteiger partial charge < -0.3 is 14.3 Å². The van der Waals surface area contributed by atoms with Crippen molar-refractivity contribution in [1.82, 2.24) is 4.90 Å². The first-order chi connectivity index (χ1) is 12.1. The second-order valence-electron chi connectivity index (χ2n) is 7.12. The molecule has 2 aliphatic heterocycles. The van der Waals surface area contributed by atoms with Gasteiger partial charge in [-0.3, -0.25) is 4.90 Å². The Morgan fingerprint density at radius 3 is 2.84 bits per heavy atom. The fourth-order valence-electron chi connectivity index (χ4n) is 4.04. The number of fused-ring (bicyclic) bond motifs is 1. The summed E-state index contributed by atoms with van der Waals surface area (Å²) in [5.74, 6) is 2.19. The zero-order valence-electron chi connectivity index (χ0n) is 13.9. The van der Waals surface area contributed by atoms with Crippen molar-refractivity contribution in [3.8, 4) is 11.3 Å². The van der Waals surface area contributed by atoms with Gasteiger partial charge in [0.1, 0.15) is 11.5 Å². The standard InChI is InChI=1S/C19H21Cl2NO3/c20-16-3-1-13(7-17(16)21)18-4-2-15(25-18)9-22-8-14-5-6-24-12-19(14,10-22)11-23/h1-4,7,14,23H,5-6,8-12H2/t14-,19+/m0/s1. The molecule has 2 fully saturated rings. The van der Waals surface area contributed by atoms with E-state index in [0.29, 0.717) is 22.6 Å². The van der Waals surface area contributed by atoms with Crippen LogP contribution in [0.4, 0.5) is 0 Å². The molecule has 0 amide bonds. The Kier molecular flexibility index (Phi) is 4.82. The number of rotatable bonds is 4. The van der Waals surface area contributed by atoms with Gasteiger partial charge in [-0.05, 0) is 42.7 Å². The van der Waals surface area contributed by atoms with Crippen LogP contribution >= 0.6 is 23.2 Å². The molecule has 4 nitrogen and oxygen atoms in total. The molecule has 2 aromatic rings. The van der Waals surface area contributed by atoms with Gasteiger partial charge in [-0.2, -0.15) is 0 Å². The fraction of sp³-hybridized carbons (Fsp3) is 0.474. The average molecular weight is 382 g/mol. The van der Waals surface area contributed by atoms with E-state index in [4.69, 9.17) is 32.4 Å². The third-order valence-electron chi connectivity index (χ3n) is 5.44. The molecule has 2 atom stereocenters. The van der Waals surface area contributed by atoms with E-state index < -0.39 is 0 Å². The predicted octanol–water partition coefficient (Wildman–Crippen LogP) is 4.08. The number of hydrogen-bond acceptors (Lipinski definition) is 4. The lowest BCUT2D eigenvalue weighted by molar-refractivity contribution is -0.0561. The van der Waals surface area contributed by atoms with Crippen LogP contribution in [0.5, 0.6) is 0 Å². The summed E-state index contributed by atoms with van der Waals surface area (Å²) < 4.78 is 11.6. The van der Waals surface area contributed by atoms with Crippen LogP contribution in [0.3, 0.4) is 0 Å². The maximum absolute atomic E-state index is 9.88. The Morgan fingerprint density at radius 1 is 1.20 bits per heavy atom. The van der Waals surface area contributed by atoms with Crippen LogP contribution in [0.15, 0.2) is 34.7 Å². The number of furan rings is 1. The van der Waals surface area contributed by atoms with Gasteiger partial charge in [0.2, 0.25) is 0 Å². The molecule has 1 aromatic carbocycles. The second kappa shape index (κ2) is 6.93. The Labute approximate surface area is 157 Å². The van der Waals surface area contributed by atoms with Crippen molar-refractivity contribution < 1.29 is 14.3 Å². The molecule has 134 valence electrons. The minimum Gasteiger partial charge on any atom is -0.460 e. The van der Waals surface area contributed by atoms with E-state index >= 15 is 0 Å². The van der Waals surface area contributed by atoms with E-state index in [9.17, 15) is 5.11 Å². The van der Waals surface area contributed by atoms with E-state index in [1.807, 2.05) is 24.3 Å². The molecule has 0 unspecified atom stereocenters. The summed E-state index contributed by atoms with van der Waals surface area (Å²) in [7, 11) is 0. The van der Waals surface area contributed by atoms with E-state index in [1.165, 1.54) is 0 Å². The highest BCUT2D eigenvalue weighted by molar-refractivity contribution is 6.42. The van der Waals surface area contributed by atoms with E-state index in [2.05, 4.69) is 4.90 Å². The number of ether oxygens (including phenoxy) is 1. The van der Waals surface area contributed by atoms with Crippen LogP contribution in [-0.4, -0.2) is 42.9 Å².